The average Bonchev–Trinajstić information content (AvgIpc) is 2.97. The molecule has 8 heteroatoms. The number of hydrogen-bond acceptors (Lipinski definition) is 3. The minimum atomic E-state index is -3.97. The fourth-order valence-corrected chi connectivity index (χ4v) is 5.26. The quantitative estimate of drug-likeness (QED) is 0.816. The number of piperidine rings is 1. The van der Waals surface area contributed by atoms with Crippen LogP contribution in [0, 0.1) is 0 Å². The Hall–Kier alpha value is -1.18. The van der Waals surface area contributed by atoms with Gasteiger partial charge in [0.2, 0.25) is 15.9 Å². The Morgan fingerprint density at radius 1 is 1.21 bits per heavy atom. The second-order valence-electron chi connectivity index (χ2n) is 6.27. The summed E-state index contributed by atoms with van der Waals surface area (Å²) in [5, 5.41) is 0.283. The molecule has 0 aliphatic carbocycles. The molecule has 0 spiro atoms. The van der Waals surface area contributed by atoms with E-state index in [1.165, 1.54) is 18.2 Å². The second-order valence-corrected chi connectivity index (χ2v) is 8.59. The third kappa shape index (κ3) is 3.43. The van der Waals surface area contributed by atoms with Gasteiger partial charge in [0, 0.05) is 31.1 Å². The summed E-state index contributed by atoms with van der Waals surface area (Å²) >= 11 is 5.87. The molecule has 0 aromatic heterocycles. The summed E-state index contributed by atoms with van der Waals surface area (Å²) < 4.78 is 40.7. The van der Waals surface area contributed by atoms with Gasteiger partial charge in [-0.25, -0.2) is 12.8 Å². The highest BCUT2D eigenvalue weighted by molar-refractivity contribution is 7.89. The lowest BCUT2D eigenvalue weighted by Crippen LogP contribution is -2.49. The van der Waals surface area contributed by atoms with Gasteiger partial charge in [-0.3, -0.25) is 4.79 Å². The lowest BCUT2D eigenvalue weighted by atomic mass is 10.1. The lowest BCUT2D eigenvalue weighted by Gasteiger charge is -2.32. The van der Waals surface area contributed by atoms with Crippen molar-refractivity contribution in [3.63, 3.8) is 0 Å². The second kappa shape index (κ2) is 6.98. The first-order chi connectivity index (χ1) is 11.4. The van der Waals surface area contributed by atoms with E-state index >= 15 is 0 Å². The van der Waals surface area contributed by atoms with Gasteiger partial charge in [-0.1, -0.05) is 17.7 Å². The van der Waals surface area contributed by atoms with Crippen LogP contribution in [-0.4, -0.2) is 55.4 Å². The number of rotatable bonds is 3. The van der Waals surface area contributed by atoms with Gasteiger partial charge in [0.25, 0.3) is 0 Å². The van der Waals surface area contributed by atoms with Crippen LogP contribution in [0.4, 0.5) is 4.39 Å². The van der Waals surface area contributed by atoms with Crippen molar-refractivity contribution < 1.29 is 17.6 Å². The van der Waals surface area contributed by atoms with Crippen molar-refractivity contribution in [3.8, 4) is 0 Å². The minimum absolute atomic E-state index is 0.0134. The molecule has 2 aliphatic heterocycles. The third-order valence-electron chi connectivity index (χ3n) is 4.56. The lowest BCUT2D eigenvalue weighted by molar-refractivity contribution is -0.135. The zero-order valence-electron chi connectivity index (χ0n) is 13.2. The SMILES string of the molecule is O=C([C@@H]1C[C@H](F)CN1S(=O)(=O)c1cccc(Cl)c1)N1CCCCC1. The van der Waals surface area contributed by atoms with E-state index < -0.39 is 22.2 Å². The van der Waals surface area contributed by atoms with Crippen molar-refractivity contribution in [2.24, 2.45) is 0 Å². The molecule has 0 unspecified atom stereocenters. The Morgan fingerprint density at radius 2 is 1.92 bits per heavy atom. The van der Waals surface area contributed by atoms with E-state index in [4.69, 9.17) is 11.6 Å². The highest BCUT2D eigenvalue weighted by atomic mass is 35.5. The van der Waals surface area contributed by atoms with E-state index in [1.54, 1.807) is 11.0 Å². The Bertz CT molecular complexity index is 722. The van der Waals surface area contributed by atoms with Crippen LogP contribution in [0.2, 0.25) is 5.02 Å². The molecule has 1 amide bonds. The first-order valence-electron chi connectivity index (χ1n) is 8.10. The minimum Gasteiger partial charge on any atom is -0.341 e. The molecule has 2 fully saturated rings. The van der Waals surface area contributed by atoms with Crippen LogP contribution >= 0.6 is 11.6 Å². The molecule has 132 valence electrons. The maximum atomic E-state index is 14.0. The van der Waals surface area contributed by atoms with Crippen LogP contribution in [0.15, 0.2) is 29.2 Å². The number of likely N-dealkylation sites (tertiary alicyclic amines) is 1. The Labute approximate surface area is 146 Å². The Kier molecular flexibility index (Phi) is 5.13. The van der Waals surface area contributed by atoms with Crippen molar-refractivity contribution in [1.29, 1.82) is 0 Å². The molecule has 1 aromatic rings. The zero-order chi connectivity index (χ0) is 17.3. The van der Waals surface area contributed by atoms with Gasteiger partial charge in [0.1, 0.15) is 12.2 Å². The van der Waals surface area contributed by atoms with E-state index in [0.717, 1.165) is 23.6 Å². The molecule has 2 aliphatic rings. The van der Waals surface area contributed by atoms with Crippen molar-refractivity contribution in [3.05, 3.63) is 29.3 Å². The van der Waals surface area contributed by atoms with Crippen LogP contribution in [0.1, 0.15) is 25.7 Å². The molecule has 2 saturated heterocycles. The predicted octanol–water partition coefficient (Wildman–Crippen LogP) is 2.45. The summed E-state index contributed by atoms with van der Waals surface area (Å²) in [5.74, 6) is -0.291. The fraction of sp³-hybridized carbons (Fsp3) is 0.562. The average molecular weight is 375 g/mol. The van der Waals surface area contributed by atoms with Crippen LogP contribution in [0.3, 0.4) is 0 Å². The summed E-state index contributed by atoms with van der Waals surface area (Å²) in [6.45, 7) is 0.924. The van der Waals surface area contributed by atoms with Gasteiger partial charge in [-0.05, 0) is 37.5 Å². The van der Waals surface area contributed by atoms with E-state index in [-0.39, 0.29) is 28.8 Å². The molecule has 24 heavy (non-hydrogen) atoms. The number of carbonyl (C=O) groups is 1. The van der Waals surface area contributed by atoms with Gasteiger partial charge in [-0.2, -0.15) is 4.31 Å². The van der Waals surface area contributed by atoms with Crippen LogP contribution in [0.25, 0.3) is 0 Å². The zero-order valence-corrected chi connectivity index (χ0v) is 14.8. The summed E-state index contributed by atoms with van der Waals surface area (Å²) in [6.07, 6.45) is 1.44. The topological polar surface area (TPSA) is 57.7 Å². The number of nitrogens with zero attached hydrogens (tertiary/aromatic N) is 2. The van der Waals surface area contributed by atoms with Crippen molar-refractivity contribution in [2.45, 2.75) is 42.8 Å². The standard InChI is InChI=1S/C16H20ClFN2O3S/c17-12-5-4-6-14(9-12)24(22,23)20-11-13(18)10-15(20)16(21)19-7-2-1-3-8-19/h4-6,9,13,15H,1-3,7-8,10-11H2/t13-,15-/m0/s1. The van der Waals surface area contributed by atoms with E-state index in [1.807, 2.05) is 0 Å². The highest BCUT2D eigenvalue weighted by Gasteiger charge is 2.45. The van der Waals surface area contributed by atoms with Gasteiger partial charge < -0.3 is 4.90 Å². The maximum absolute atomic E-state index is 14.0. The molecule has 0 saturated carbocycles. The van der Waals surface area contributed by atoms with Crippen LogP contribution in [-0.2, 0) is 14.8 Å². The molecular weight excluding hydrogens is 355 g/mol. The number of hydrogen-bond donors (Lipinski definition) is 0. The first-order valence-corrected chi connectivity index (χ1v) is 9.91. The van der Waals surface area contributed by atoms with Gasteiger partial charge in [0.05, 0.1) is 4.90 Å². The number of halogens is 2. The summed E-state index contributed by atoms with van der Waals surface area (Å²) in [6, 6.07) is 4.86. The molecule has 0 N–H and O–H groups in total. The summed E-state index contributed by atoms with van der Waals surface area (Å²) in [5.41, 5.74) is 0. The van der Waals surface area contributed by atoms with Gasteiger partial charge in [-0.15, -0.1) is 0 Å². The molecular formula is C16H20ClFN2O3S. The first kappa shape index (κ1) is 17.6. The third-order valence-corrected chi connectivity index (χ3v) is 6.67. The van der Waals surface area contributed by atoms with Gasteiger partial charge >= 0.3 is 0 Å². The molecule has 2 atom stereocenters. The van der Waals surface area contributed by atoms with Crippen LogP contribution < -0.4 is 0 Å². The molecule has 2 heterocycles. The maximum Gasteiger partial charge on any atom is 0.243 e. The van der Waals surface area contributed by atoms with Gasteiger partial charge in [0.15, 0.2) is 0 Å². The van der Waals surface area contributed by atoms with Crippen LogP contribution in [0.5, 0.6) is 0 Å². The van der Waals surface area contributed by atoms with E-state index in [0.29, 0.717) is 13.1 Å². The molecule has 0 radical (unpaired) electrons. The normalized spacial score (nSPS) is 25.8. The van der Waals surface area contributed by atoms with Crippen molar-refractivity contribution >= 4 is 27.5 Å². The summed E-state index contributed by atoms with van der Waals surface area (Å²) in [7, 11) is -3.97. The number of amides is 1. The van der Waals surface area contributed by atoms with Crippen molar-refractivity contribution in [1.82, 2.24) is 9.21 Å². The molecule has 1 aromatic carbocycles. The number of carbonyl (C=O) groups excluding carboxylic acids is 1. The Balaban J connectivity index is 1.88. The summed E-state index contributed by atoms with van der Waals surface area (Å²) in [4.78, 5) is 14.4. The monoisotopic (exact) mass is 374 g/mol. The Morgan fingerprint density at radius 3 is 2.58 bits per heavy atom. The predicted molar refractivity (Wildman–Crippen MR) is 89.1 cm³/mol. The van der Waals surface area contributed by atoms with E-state index in [2.05, 4.69) is 0 Å². The smallest absolute Gasteiger partial charge is 0.243 e. The number of sulfonamides is 1. The largest absolute Gasteiger partial charge is 0.341 e. The molecule has 0 bridgehead atoms. The number of benzene rings is 1. The van der Waals surface area contributed by atoms with Crippen molar-refractivity contribution in [2.75, 3.05) is 19.6 Å². The molecule has 3 rings (SSSR count). The van der Waals surface area contributed by atoms with E-state index in [9.17, 15) is 17.6 Å². The fourth-order valence-electron chi connectivity index (χ4n) is 3.33. The molecule has 5 nitrogen and oxygen atoms in total. The highest BCUT2D eigenvalue weighted by Crippen LogP contribution is 2.30. The number of alkyl halides is 1.